The molecular formula is C15H16O2. The standard InChI is InChI=1S/C15H16O2/c1-10(2)8-12-9-14(15(16)17-12)13-7-5-4-6-11(13)3/h4-7,9,12H,1,8H2,2-3H3/t12-/m1/s1. The Morgan fingerprint density at radius 2 is 2.12 bits per heavy atom. The van der Waals surface area contributed by atoms with E-state index in [4.69, 9.17) is 4.74 Å². The van der Waals surface area contributed by atoms with Crippen LogP contribution in [-0.2, 0) is 9.53 Å². The Hall–Kier alpha value is -1.83. The molecule has 1 atom stereocenters. The summed E-state index contributed by atoms with van der Waals surface area (Å²) in [7, 11) is 0. The van der Waals surface area contributed by atoms with E-state index in [1.54, 1.807) is 0 Å². The van der Waals surface area contributed by atoms with Crippen LogP contribution in [0.3, 0.4) is 0 Å². The van der Waals surface area contributed by atoms with E-state index in [0.29, 0.717) is 12.0 Å². The van der Waals surface area contributed by atoms with E-state index in [0.717, 1.165) is 16.7 Å². The summed E-state index contributed by atoms with van der Waals surface area (Å²) in [5, 5.41) is 0. The molecule has 0 bridgehead atoms. The summed E-state index contributed by atoms with van der Waals surface area (Å²) in [6.07, 6.45) is 2.44. The summed E-state index contributed by atoms with van der Waals surface area (Å²) in [6, 6.07) is 7.84. The molecule has 2 nitrogen and oxygen atoms in total. The van der Waals surface area contributed by atoms with E-state index in [9.17, 15) is 4.79 Å². The van der Waals surface area contributed by atoms with Crippen LogP contribution in [0.2, 0.25) is 0 Å². The van der Waals surface area contributed by atoms with Gasteiger partial charge in [-0.3, -0.25) is 0 Å². The highest BCUT2D eigenvalue weighted by Crippen LogP contribution is 2.28. The average molecular weight is 228 g/mol. The third kappa shape index (κ3) is 2.47. The van der Waals surface area contributed by atoms with Crippen molar-refractivity contribution in [1.29, 1.82) is 0 Å². The minimum absolute atomic E-state index is 0.158. The SMILES string of the molecule is C=C(C)C[C@@H]1C=C(c2ccccc2C)C(=O)O1. The topological polar surface area (TPSA) is 26.3 Å². The van der Waals surface area contributed by atoms with Crippen molar-refractivity contribution >= 4 is 11.5 Å². The Labute approximate surface area is 102 Å². The van der Waals surface area contributed by atoms with Gasteiger partial charge in [0.05, 0.1) is 5.57 Å². The summed E-state index contributed by atoms with van der Waals surface area (Å²) in [5.74, 6) is -0.231. The van der Waals surface area contributed by atoms with Crippen LogP contribution in [0.25, 0.3) is 5.57 Å². The van der Waals surface area contributed by atoms with Gasteiger partial charge >= 0.3 is 5.97 Å². The molecule has 0 amide bonds. The van der Waals surface area contributed by atoms with Gasteiger partial charge in [-0.1, -0.05) is 36.4 Å². The maximum atomic E-state index is 11.8. The lowest BCUT2D eigenvalue weighted by molar-refractivity contribution is -0.137. The molecule has 0 N–H and O–H groups in total. The zero-order chi connectivity index (χ0) is 12.4. The van der Waals surface area contributed by atoms with Gasteiger partial charge in [0.15, 0.2) is 0 Å². The van der Waals surface area contributed by atoms with Crippen LogP contribution >= 0.6 is 0 Å². The number of benzene rings is 1. The predicted molar refractivity (Wildman–Crippen MR) is 68.5 cm³/mol. The van der Waals surface area contributed by atoms with Crippen molar-refractivity contribution < 1.29 is 9.53 Å². The molecule has 2 heteroatoms. The second kappa shape index (κ2) is 4.58. The smallest absolute Gasteiger partial charge is 0.339 e. The van der Waals surface area contributed by atoms with Gasteiger partial charge < -0.3 is 4.74 Å². The highest BCUT2D eigenvalue weighted by Gasteiger charge is 2.26. The number of carbonyl (C=O) groups excluding carboxylic acids is 1. The molecule has 0 radical (unpaired) electrons. The summed E-state index contributed by atoms with van der Waals surface area (Å²) >= 11 is 0. The first-order valence-corrected chi connectivity index (χ1v) is 5.71. The Morgan fingerprint density at radius 3 is 2.76 bits per heavy atom. The second-order valence-electron chi connectivity index (χ2n) is 4.50. The zero-order valence-electron chi connectivity index (χ0n) is 10.2. The molecule has 0 spiro atoms. The largest absolute Gasteiger partial charge is 0.454 e. The molecule has 1 aromatic carbocycles. The molecule has 0 saturated carbocycles. The summed E-state index contributed by atoms with van der Waals surface area (Å²) < 4.78 is 5.30. The molecule has 0 aromatic heterocycles. The van der Waals surface area contributed by atoms with Gasteiger partial charge in [-0.25, -0.2) is 4.79 Å². The van der Waals surface area contributed by atoms with Gasteiger partial charge in [-0.2, -0.15) is 0 Å². The molecule has 0 aliphatic carbocycles. The monoisotopic (exact) mass is 228 g/mol. The first-order chi connectivity index (χ1) is 8.08. The van der Waals surface area contributed by atoms with Gasteiger partial charge in [0.25, 0.3) is 0 Å². The van der Waals surface area contributed by atoms with Crippen LogP contribution in [0.1, 0.15) is 24.5 Å². The van der Waals surface area contributed by atoms with Crippen molar-refractivity contribution in [3.8, 4) is 0 Å². The fourth-order valence-electron chi connectivity index (χ4n) is 2.01. The fraction of sp³-hybridized carbons (Fsp3) is 0.267. The molecule has 1 heterocycles. The van der Waals surface area contributed by atoms with Crippen molar-refractivity contribution in [2.75, 3.05) is 0 Å². The first-order valence-electron chi connectivity index (χ1n) is 5.71. The minimum Gasteiger partial charge on any atom is -0.454 e. The Kier molecular flexibility index (Phi) is 3.14. The molecule has 0 fully saturated rings. The van der Waals surface area contributed by atoms with Crippen molar-refractivity contribution in [1.82, 2.24) is 0 Å². The van der Waals surface area contributed by atoms with E-state index >= 15 is 0 Å². The van der Waals surface area contributed by atoms with Crippen LogP contribution in [0, 0.1) is 6.92 Å². The highest BCUT2D eigenvalue weighted by molar-refractivity contribution is 6.18. The zero-order valence-corrected chi connectivity index (χ0v) is 10.2. The molecular weight excluding hydrogens is 212 g/mol. The minimum atomic E-state index is -0.231. The molecule has 1 aliphatic rings. The van der Waals surface area contributed by atoms with Gasteiger partial charge in [0.2, 0.25) is 0 Å². The number of hydrogen-bond acceptors (Lipinski definition) is 2. The number of hydrogen-bond donors (Lipinski definition) is 0. The van der Waals surface area contributed by atoms with Crippen molar-refractivity contribution in [3.63, 3.8) is 0 Å². The maximum Gasteiger partial charge on any atom is 0.339 e. The van der Waals surface area contributed by atoms with Crippen molar-refractivity contribution in [2.45, 2.75) is 26.4 Å². The normalized spacial score (nSPS) is 18.8. The molecule has 88 valence electrons. The van der Waals surface area contributed by atoms with Crippen molar-refractivity contribution in [3.05, 3.63) is 53.6 Å². The maximum absolute atomic E-state index is 11.8. The Balaban J connectivity index is 2.30. The molecule has 0 saturated heterocycles. The van der Waals surface area contributed by atoms with Crippen LogP contribution in [0.4, 0.5) is 0 Å². The van der Waals surface area contributed by atoms with Crippen LogP contribution in [0.15, 0.2) is 42.5 Å². The number of carbonyl (C=O) groups is 1. The summed E-state index contributed by atoms with van der Waals surface area (Å²) in [5.41, 5.74) is 3.74. The molecule has 1 aliphatic heterocycles. The predicted octanol–water partition coefficient (Wildman–Crippen LogP) is 3.27. The third-order valence-electron chi connectivity index (χ3n) is 2.82. The Bertz CT molecular complexity index is 497. The van der Waals surface area contributed by atoms with E-state index in [1.165, 1.54) is 0 Å². The van der Waals surface area contributed by atoms with E-state index in [-0.39, 0.29) is 12.1 Å². The van der Waals surface area contributed by atoms with Crippen LogP contribution < -0.4 is 0 Å². The number of cyclic esters (lactones) is 1. The van der Waals surface area contributed by atoms with Crippen LogP contribution in [0.5, 0.6) is 0 Å². The number of rotatable bonds is 3. The molecule has 0 unspecified atom stereocenters. The van der Waals surface area contributed by atoms with E-state index < -0.39 is 0 Å². The van der Waals surface area contributed by atoms with Gasteiger partial charge in [-0.05, 0) is 31.1 Å². The van der Waals surface area contributed by atoms with Crippen molar-refractivity contribution in [2.24, 2.45) is 0 Å². The average Bonchev–Trinajstić information content (AvgIpc) is 2.59. The number of esters is 1. The van der Waals surface area contributed by atoms with Gasteiger partial charge in [0.1, 0.15) is 6.10 Å². The molecule has 1 aromatic rings. The fourth-order valence-corrected chi connectivity index (χ4v) is 2.01. The molecule has 2 rings (SSSR count). The van der Waals surface area contributed by atoms with E-state index in [1.807, 2.05) is 44.2 Å². The lowest BCUT2D eigenvalue weighted by Crippen LogP contribution is -2.08. The lowest BCUT2D eigenvalue weighted by atomic mass is 10.00. The number of aryl methyl sites for hydroxylation is 1. The van der Waals surface area contributed by atoms with Gasteiger partial charge in [0, 0.05) is 6.42 Å². The first kappa shape index (κ1) is 11.6. The molecule has 17 heavy (non-hydrogen) atoms. The summed E-state index contributed by atoms with van der Waals surface area (Å²) in [4.78, 5) is 11.8. The lowest BCUT2D eigenvalue weighted by Gasteiger charge is -2.06. The van der Waals surface area contributed by atoms with E-state index in [2.05, 4.69) is 6.58 Å². The highest BCUT2D eigenvalue weighted by atomic mass is 16.5. The third-order valence-corrected chi connectivity index (χ3v) is 2.82. The summed E-state index contributed by atoms with van der Waals surface area (Å²) in [6.45, 7) is 7.77. The van der Waals surface area contributed by atoms with Crippen LogP contribution in [-0.4, -0.2) is 12.1 Å². The van der Waals surface area contributed by atoms with Gasteiger partial charge in [-0.15, -0.1) is 0 Å². The Morgan fingerprint density at radius 1 is 1.41 bits per heavy atom. The number of ether oxygens (including phenoxy) is 1. The second-order valence-corrected chi connectivity index (χ2v) is 4.50. The quantitative estimate of drug-likeness (QED) is 0.586.